The Bertz CT molecular complexity index is 1590. The smallest absolute Gasteiger partial charge is 0.324 e. The SMILES string of the molecule is CC(C)(C)c1cc(NC(=O)Nc2ccc(-c3cn4c(n3)sc3cc(CN5CCOCC5)ccc34)cc2)no1. The monoisotopic (exact) mass is 530 g/mol. The van der Waals surface area contributed by atoms with Crippen molar-refractivity contribution in [1.82, 2.24) is 19.4 Å². The van der Waals surface area contributed by atoms with Gasteiger partial charge in [0, 0.05) is 48.6 Å². The Hall–Kier alpha value is -3.73. The number of anilines is 2. The summed E-state index contributed by atoms with van der Waals surface area (Å²) in [6, 6.07) is 15.7. The number of rotatable bonds is 5. The molecule has 0 aliphatic carbocycles. The summed E-state index contributed by atoms with van der Waals surface area (Å²) in [6.07, 6.45) is 2.07. The molecule has 6 rings (SSSR count). The highest BCUT2D eigenvalue weighted by molar-refractivity contribution is 7.23. The quantitative estimate of drug-likeness (QED) is 0.290. The van der Waals surface area contributed by atoms with E-state index in [9.17, 15) is 4.79 Å². The molecule has 4 heterocycles. The maximum atomic E-state index is 12.4. The van der Waals surface area contributed by atoms with Crippen LogP contribution in [0.2, 0.25) is 0 Å². The van der Waals surface area contributed by atoms with Crippen molar-refractivity contribution in [3.63, 3.8) is 0 Å². The lowest BCUT2D eigenvalue weighted by molar-refractivity contribution is 0.0342. The highest BCUT2D eigenvalue weighted by atomic mass is 32.1. The predicted molar refractivity (Wildman–Crippen MR) is 150 cm³/mol. The molecule has 0 saturated carbocycles. The number of imidazole rings is 1. The van der Waals surface area contributed by atoms with Crippen LogP contribution < -0.4 is 10.6 Å². The Morgan fingerprint density at radius 2 is 1.84 bits per heavy atom. The maximum absolute atomic E-state index is 12.4. The summed E-state index contributed by atoms with van der Waals surface area (Å²) in [6.45, 7) is 10.6. The number of fused-ring (bicyclic) bond motifs is 3. The van der Waals surface area contributed by atoms with Crippen LogP contribution in [0.5, 0.6) is 0 Å². The van der Waals surface area contributed by atoms with Crippen LogP contribution in [0.15, 0.2) is 59.3 Å². The van der Waals surface area contributed by atoms with E-state index >= 15 is 0 Å². The maximum Gasteiger partial charge on any atom is 0.324 e. The van der Waals surface area contributed by atoms with Crippen molar-refractivity contribution in [2.24, 2.45) is 0 Å². The van der Waals surface area contributed by atoms with E-state index in [1.54, 1.807) is 17.4 Å². The lowest BCUT2D eigenvalue weighted by Crippen LogP contribution is -2.35. The lowest BCUT2D eigenvalue weighted by atomic mass is 9.93. The summed E-state index contributed by atoms with van der Waals surface area (Å²) >= 11 is 1.70. The number of nitrogens with zero attached hydrogens (tertiary/aromatic N) is 4. The minimum atomic E-state index is -0.381. The minimum absolute atomic E-state index is 0.181. The van der Waals surface area contributed by atoms with Gasteiger partial charge in [0.1, 0.15) is 5.76 Å². The number of hydrogen-bond acceptors (Lipinski definition) is 7. The van der Waals surface area contributed by atoms with Gasteiger partial charge in [-0.25, -0.2) is 9.78 Å². The average molecular weight is 531 g/mol. The van der Waals surface area contributed by atoms with Gasteiger partial charge in [0.15, 0.2) is 10.8 Å². The van der Waals surface area contributed by atoms with Gasteiger partial charge in [-0.2, -0.15) is 0 Å². The third-order valence-corrected chi connectivity index (χ3v) is 7.62. The Labute approximate surface area is 224 Å². The molecular formula is C28H30N6O3S. The fraction of sp³-hybridized carbons (Fsp3) is 0.321. The largest absolute Gasteiger partial charge is 0.379 e. The zero-order valence-electron chi connectivity index (χ0n) is 21.7. The van der Waals surface area contributed by atoms with Crippen LogP contribution in [0.1, 0.15) is 32.1 Å². The van der Waals surface area contributed by atoms with Gasteiger partial charge in [-0.05, 0) is 29.8 Å². The topological polar surface area (TPSA) is 96.9 Å². The normalized spacial score (nSPS) is 14.8. The Morgan fingerprint density at radius 3 is 2.58 bits per heavy atom. The van der Waals surface area contributed by atoms with E-state index in [4.69, 9.17) is 14.2 Å². The van der Waals surface area contributed by atoms with Gasteiger partial charge in [0.2, 0.25) is 0 Å². The first-order valence-electron chi connectivity index (χ1n) is 12.7. The van der Waals surface area contributed by atoms with Crippen LogP contribution in [0, 0.1) is 0 Å². The van der Waals surface area contributed by atoms with Gasteiger partial charge in [-0.1, -0.05) is 55.5 Å². The zero-order chi connectivity index (χ0) is 26.3. The highest BCUT2D eigenvalue weighted by Crippen LogP contribution is 2.31. The number of benzene rings is 2. The van der Waals surface area contributed by atoms with Crippen LogP contribution in [0.3, 0.4) is 0 Å². The van der Waals surface area contributed by atoms with Gasteiger partial charge >= 0.3 is 6.03 Å². The average Bonchev–Trinajstić information content (AvgIpc) is 3.60. The first-order chi connectivity index (χ1) is 18.3. The Kier molecular flexibility index (Phi) is 6.38. The molecule has 1 aliphatic rings. The number of ether oxygens (including phenoxy) is 1. The molecule has 38 heavy (non-hydrogen) atoms. The van der Waals surface area contributed by atoms with Crippen LogP contribution in [-0.2, 0) is 16.7 Å². The molecular weight excluding hydrogens is 500 g/mol. The number of thiazole rings is 1. The lowest BCUT2D eigenvalue weighted by Gasteiger charge is -2.26. The summed E-state index contributed by atoms with van der Waals surface area (Å²) in [7, 11) is 0. The number of morpholine rings is 1. The van der Waals surface area contributed by atoms with Crippen molar-refractivity contribution in [1.29, 1.82) is 0 Å². The minimum Gasteiger partial charge on any atom is -0.379 e. The van der Waals surface area contributed by atoms with E-state index in [1.807, 2.05) is 45.0 Å². The second-order valence-corrected chi connectivity index (χ2v) is 11.6. The van der Waals surface area contributed by atoms with Crippen molar-refractivity contribution in [3.8, 4) is 11.3 Å². The van der Waals surface area contributed by atoms with E-state index in [0.29, 0.717) is 17.3 Å². The van der Waals surface area contributed by atoms with Crippen molar-refractivity contribution in [2.75, 3.05) is 36.9 Å². The van der Waals surface area contributed by atoms with Crippen molar-refractivity contribution < 1.29 is 14.1 Å². The van der Waals surface area contributed by atoms with Gasteiger partial charge in [0.05, 0.1) is 29.1 Å². The molecule has 3 aromatic heterocycles. The Balaban J connectivity index is 1.13. The number of amides is 2. The van der Waals surface area contributed by atoms with E-state index in [2.05, 4.69) is 49.5 Å². The van der Waals surface area contributed by atoms with Gasteiger partial charge in [0.25, 0.3) is 0 Å². The van der Waals surface area contributed by atoms with Crippen LogP contribution >= 0.6 is 11.3 Å². The molecule has 1 aliphatic heterocycles. The number of hydrogen-bond donors (Lipinski definition) is 2. The molecule has 2 amide bonds. The molecule has 9 nitrogen and oxygen atoms in total. The summed E-state index contributed by atoms with van der Waals surface area (Å²) in [5.41, 5.74) is 4.84. The summed E-state index contributed by atoms with van der Waals surface area (Å²) in [5.74, 6) is 1.08. The van der Waals surface area contributed by atoms with Gasteiger partial charge in [-0.3, -0.25) is 14.6 Å². The van der Waals surface area contributed by atoms with E-state index < -0.39 is 0 Å². The number of nitrogens with one attached hydrogen (secondary N) is 2. The standard InChI is InChI=1S/C28H30N6O3S/c1-28(2,3)24-15-25(32-37-24)31-26(35)29-20-7-5-19(6-8-20)21-17-34-22-9-4-18(14-23(22)38-27(34)30-21)16-33-10-12-36-13-11-33/h4-9,14-15,17H,10-13,16H2,1-3H3,(H2,29,31,32,35). The van der Waals surface area contributed by atoms with Crippen molar-refractivity contribution in [3.05, 3.63) is 66.1 Å². The summed E-state index contributed by atoms with van der Waals surface area (Å²) in [5, 5.41) is 9.46. The van der Waals surface area contributed by atoms with E-state index in [0.717, 1.165) is 54.6 Å². The van der Waals surface area contributed by atoms with Crippen LogP contribution in [0.4, 0.5) is 16.3 Å². The molecule has 196 valence electrons. The van der Waals surface area contributed by atoms with Crippen LogP contribution in [-0.4, -0.2) is 51.8 Å². The molecule has 0 atom stereocenters. The predicted octanol–water partition coefficient (Wildman–Crippen LogP) is 5.98. The zero-order valence-corrected chi connectivity index (χ0v) is 22.5. The van der Waals surface area contributed by atoms with Gasteiger partial charge < -0.3 is 14.6 Å². The third kappa shape index (κ3) is 5.15. The van der Waals surface area contributed by atoms with Crippen LogP contribution in [0.25, 0.3) is 26.4 Å². The fourth-order valence-corrected chi connectivity index (χ4v) is 5.56. The molecule has 0 radical (unpaired) electrons. The summed E-state index contributed by atoms with van der Waals surface area (Å²) < 4.78 is 14.2. The molecule has 2 N–H and O–H groups in total. The summed E-state index contributed by atoms with van der Waals surface area (Å²) in [4.78, 5) is 20.7. The van der Waals surface area contributed by atoms with E-state index in [1.165, 1.54) is 10.3 Å². The molecule has 10 heteroatoms. The highest BCUT2D eigenvalue weighted by Gasteiger charge is 2.20. The second kappa shape index (κ2) is 9.86. The third-order valence-electron chi connectivity index (χ3n) is 6.60. The number of aromatic nitrogens is 3. The molecule has 5 aromatic rings. The first-order valence-corrected chi connectivity index (χ1v) is 13.5. The first kappa shape index (κ1) is 24.6. The van der Waals surface area contributed by atoms with Crippen molar-refractivity contribution in [2.45, 2.75) is 32.7 Å². The number of carbonyl (C=O) groups is 1. The molecule has 2 aromatic carbocycles. The number of urea groups is 1. The van der Waals surface area contributed by atoms with E-state index in [-0.39, 0.29) is 11.4 Å². The molecule has 1 saturated heterocycles. The Morgan fingerprint density at radius 1 is 1.05 bits per heavy atom. The molecule has 0 unspecified atom stereocenters. The van der Waals surface area contributed by atoms with Gasteiger partial charge in [-0.15, -0.1) is 0 Å². The molecule has 1 fully saturated rings. The van der Waals surface area contributed by atoms with Crippen molar-refractivity contribution >= 4 is 44.1 Å². The number of carbonyl (C=O) groups excluding carboxylic acids is 1. The fourth-order valence-electron chi connectivity index (χ4n) is 4.49. The second-order valence-electron chi connectivity index (χ2n) is 10.6. The molecule has 0 bridgehead atoms. The molecule has 0 spiro atoms.